The molecule has 0 saturated heterocycles. The van der Waals surface area contributed by atoms with E-state index in [1.165, 1.54) is 0 Å². The Morgan fingerprint density at radius 2 is 1.15 bits per heavy atom. The third kappa shape index (κ3) is 47.7. The molecule has 0 unspecified atom stereocenters. The zero-order valence-corrected chi connectivity index (χ0v) is 10.6. The van der Waals surface area contributed by atoms with Crippen molar-refractivity contribution in [2.45, 2.75) is 19.8 Å². The summed E-state index contributed by atoms with van der Waals surface area (Å²) in [4.78, 5) is 28.3. The molecule has 0 amide bonds. The van der Waals surface area contributed by atoms with Gasteiger partial charge in [0.1, 0.15) is 0 Å². The van der Waals surface area contributed by atoms with E-state index in [0.717, 1.165) is 6.92 Å². The van der Waals surface area contributed by atoms with E-state index in [1.807, 2.05) is 0 Å². The molecule has 0 aromatic carbocycles. The predicted octanol–water partition coefficient (Wildman–Crippen LogP) is -2.86. The fourth-order valence-corrected chi connectivity index (χ4v) is 0.214. The first-order valence-electron chi connectivity index (χ1n) is 2.99. The molecule has 0 spiro atoms. The summed E-state index contributed by atoms with van der Waals surface area (Å²) >= 11 is 0. The van der Waals surface area contributed by atoms with Gasteiger partial charge in [0, 0.05) is 6.92 Å². The summed E-state index contributed by atoms with van der Waals surface area (Å²) in [7, 11) is 0. The van der Waals surface area contributed by atoms with E-state index in [0.29, 0.717) is 0 Å². The molecule has 72 valence electrons. The molecule has 0 aromatic heterocycles. The number of hydrogen-bond donors (Lipinski definition) is 3. The zero-order chi connectivity index (χ0) is 10.1. The first-order valence-corrected chi connectivity index (χ1v) is 2.99. The van der Waals surface area contributed by atoms with Crippen LogP contribution in [0.4, 0.5) is 0 Å². The van der Waals surface area contributed by atoms with E-state index in [4.69, 9.17) is 20.1 Å². The van der Waals surface area contributed by atoms with Crippen LogP contribution in [0.3, 0.4) is 0 Å². The average molecular weight is 218 g/mol. The van der Waals surface area contributed by atoms with Gasteiger partial charge in [-0.3, -0.25) is 14.4 Å². The molecule has 0 aliphatic rings. The molecule has 0 aliphatic carbocycles. The van der Waals surface area contributed by atoms with Crippen LogP contribution in [0.15, 0.2) is 0 Å². The smallest absolute Gasteiger partial charge is 1.00 e. The molecule has 0 rings (SSSR count). The molecule has 3 N–H and O–H groups in total. The maximum Gasteiger partial charge on any atom is 1.00 e. The standard InChI is InChI=1S/C4H6O4.C2H4O2.K.H/c5-3(6)1-2-4(7)8;1-2(3)4;;/h1-2H2,(H,5,6)(H,7,8);1H3,(H,3,4);;/q;;+1;-1. The average Bonchev–Trinajstić information content (AvgIpc) is 1.82. The summed E-state index contributed by atoms with van der Waals surface area (Å²) in [6, 6.07) is 0. The molecule has 0 heterocycles. The molecule has 6 nitrogen and oxygen atoms in total. The van der Waals surface area contributed by atoms with Gasteiger partial charge in [-0.15, -0.1) is 0 Å². The Labute approximate surface area is 119 Å². The third-order valence-corrected chi connectivity index (χ3v) is 0.553. The normalized spacial score (nSPS) is 7.15. The first-order chi connectivity index (χ1) is 5.36. The number of carboxylic acid groups (broad SMARTS) is 3. The van der Waals surface area contributed by atoms with Gasteiger partial charge in [0.05, 0.1) is 12.8 Å². The Bertz CT molecular complexity index is 165. The summed E-state index contributed by atoms with van der Waals surface area (Å²) < 4.78 is 0. The van der Waals surface area contributed by atoms with Crippen molar-refractivity contribution in [2.24, 2.45) is 0 Å². The summed E-state index contributed by atoms with van der Waals surface area (Å²) in [5.41, 5.74) is 0. The van der Waals surface area contributed by atoms with Crippen molar-refractivity contribution in [3.8, 4) is 0 Å². The molecule has 13 heavy (non-hydrogen) atoms. The molecular weight excluding hydrogens is 207 g/mol. The van der Waals surface area contributed by atoms with Gasteiger partial charge in [0.25, 0.3) is 5.97 Å². The van der Waals surface area contributed by atoms with E-state index in [9.17, 15) is 9.59 Å². The van der Waals surface area contributed by atoms with Gasteiger partial charge in [-0.05, 0) is 0 Å². The largest absolute Gasteiger partial charge is 1.00 e. The molecule has 0 fully saturated rings. The fourth-order valence-electron chi connectivity index (χ4n) is 0.214. The van der Waals surface area contributed by atoms with Gasteiger partial charge in [0.2, 0.25) is 0 Å². The van der Waals surface area contributed by atoms with Crippen LogP contribution >= 0.6 is 0 Å². The van der Waals surface area contributed by atoms with Gasteiger partial charge < -0.3 is 16.7 Å². The maximum atomic E-state index is 9.64. The van der Waals surface area contributed by atoms with Crippen LogP contribution in [-0.2, 0) is 14.4 Å². The fraction of sp³-hybridized carbons (Fsp3) is 0.500. The number of carboxylic acids is 3. The Morgan fingerprint density at radius 3 is 1.23 bits per heavy atom. The van der Waals surface area contributed by atoms with E-state index in [2.05, 4.69) is 0 Å². The van der Waals surface area contributed by atoms with Crippen molar-refractivity contribution in [2.75, 3.05) is 0 Å². The third-order valence-electron chi connectivity index (χ3n) is 0.553. The Morgan fingerprint density at radius 1 is 1.00 bits per heavy atom. The van der Waals surface area contributed by atoms with E-state index < -0.39 is 17.9 Å². The quantitative estimate of drug-likeness (QED) is 0.439. The number of rotatable bonds is 3. The van der Waals surface area contributed by atoms with Crippen LogP contribution < -0.4 is 51.4 Å². The summed E-state index contributed by atoms with van der Waals surface area (Å²) in [5, 5.41) is 23.2. The first kappa shape index (κ1) is 18.8. The molecule has 0 atom stereocenters. The van der Waals surface area contributed by atoms with Crippen molar-refractivity contribution < 1.29 is 82.5 Å². The molecule has 0 saturated carbocycles. The topological polar surface area (TPSA) is 112 Å². The second-order valence-corrected chi connectivity index (χ2v) is 1.81. The molecule has 0 aliphatic heterocycles. The molecule has 0 aromatic rings. The van der Waals surface area contributed by atoms with Crippen LogP contribution in [0.2, 0.25) is 0 Å². The van der Waals surface area contributed by atoms with Gasteiger partial charge in [-0.25, -0.2) is 0 Å². The van der Waals surface area contributed by atoms with Crippen LogP contribution in [0.5, 0.6) is 0 Å². The molecular formula is C6H11KO6. The minimum Gasteiger partial charge on any atom is -1.00 e. The summed E-state index contributed by atoms with van der Waals surface area (Å²) in [6.07, 6.45) is -0.593. The van der Waals surface area contributed by atoms with Crippen LogP contribution in [0.25, 0.3) is 0 Å². The molecule has 7 heteroatoms. The molecule has 0 bridgehead atoms. The van der Waals surface area contributed by atoms with E-state index >= 15 is 0 Å². The van der Waals surface area contributed by atoms with Crippen molar-refractivity contribution in [3.63, 3.8) is 0 Å². The summed E-state index contributed by atoms with van der Waals surface area (Å²) in [5.74, 6) is -2.99. The van der Waals surface area contributed by atoms with E-state index in [1.54, 1.807) is 0 Å². The second kappa shape index (κ2) is 12.0. The van der Waals surface area contributed by atoms with Crippen molar-refractivity contribution in [3.05, 3.63) is 0 Å². The Hall–Kier alpha value is 0.0464. The SMILES string of the molecule is CC(=O)O.O=C(O)CCC(=O)O.[H-].[K+]. The van der Waals surface area contributed by atoms with Gasteiger partial charge in [-0.1, -0.05) is 0 Å². The zero-order valence-electron chi connectivity index (χ0n) is 8.48. The van der Waals surface area contributed by atoms with Crippen molar-refractivity contribution >= 4 is 17.9 Å². The number of carbonyl (C=O) groups is 3. The second-order valence-electron chi connectivity index (χ2n) is 1.81. The van der Waals surface area contributed by atoms with Gasteiger partial charge >= 0.3 is 63.3 Å². The van der Waals surface area contributed by atoms with Crippen LogP contribution in [-0.4, -0.2) is 33.2 Å². The van der Waals surface area contributed by atoms with Crippen molar-refractivity contribution in [1.29, 1.82) is 0 Å². The van der Waals surface area contributed by atoms with Gasteiger partial charge in [-0.2, -0.15) is 0 Å². The Balaban J connectivity index is -0.0000000733. The van der Waals surface area contributed by atoms with Gasteiger partial charge in [0.15, 0.2) is 0 Å². The molecule has 0 radical (unpaired) electrons. The minimum absolute atomic E-state index is 0. The summed E-state index contributed by atoms with van der Waals surface area (Å²) in [6.45, 7) is 1.08. The predicted molar refractivity (Wildman–Crippen MR) is 38.9 cm³/mol. The van der Waals surface area contributed by atoms with Crippen LogP contribution in [0.1, 0.15) is 21.2 Å². The monoisotopic (exact) mass is 218 g/mol. The Kier molecular flexibility index (Phi) is 17.4. The maximum absolute atomic E-state index is 9.64. The van der Waals surface area contributed by atoms with E-state index in [-0.39, 0.29) is 65.7 Å². The number of hydrogen-bond acceptors (Lipinski definition) is 3. The number of aliphatic carboxylic acids is 3. The van der Waals surface area contributed by atoms with Crippen molar-refractivity contribution in [1.82, 2.24) is 0 Å². The minimum atomic E-state index is -1.08. The van der Waals surface area contributed by atoms with Crippen LogP contribution in [0, 0.1) is 0 Å².